The van der Waals surface area contributed by atoms with E-state index in [1.807, 2.05) is 54.6 Å². The molecule has 0 aromatic heterocycles. The van der Waals surface area contributed by atoms with E-state index >= 15 is 0 Å². The van der Waals surface area contributed by atoms with Gasteiger partial charge in [0.2, 0.25) is 5.69 Å². The van der Waals surface area contributed by atoms with Gasteiger partial charge in [0.25, 0.3) is 0 Å². The molecule has 33 heavy (non-hydrogen) atoms. The molecule has 0 saturated carbocycles. The van der Waals surface area contributed by atoms with E-state index in [0.29, 0.717) is 18.0 Å². The minimum Gasteiger partial charge on any atom is -0.483 e. The molecule has 2 aliphatic heterocycles. The lowest BCUT2D eigenvalue weighted by Crippen LogP contribution is -2.57. The maximum Gasteiger partial charge on any atom is 0.490 e. The Morgan fingerprint density at radius 2 is 1.79 bits per heavy atom. The minimum atomic E-state index is -5.08. The van der Waals surface area contributed by atoms with Crippen LogP contribution in [0.5, 0.6) is 5.75 Å². The summed E-state index contributed by atoms with van der Waals surface area (Å²) >= 11 is 0. The predicted octanol–water partition coefficient (Wildman–Crippen LogP) is 3.51. The summed E-state index contributed by atoms with van der Waals surface area (Å²) in [5.41, 5.74) is 3.52. The highest BCUT2D eigenvalue weighted by molar-refractivity contribution is 7.90. The fraction of sp³-hybridized carbons (Fsp3) is 0.318. The first-order chi connectivity index (χ1) is 15.4. The Bertz CT molecular complexity index is 1160. The van der Waals surface area contributed by atoms with Crippen molar-refractivity contribution in [2.75, 3.05) is 19.8 Å². The topological polar surface area (TPSA) is 92.7 Å². The number of carbonyl (C=O) groups is 1. The van der Waals surface area contributed by atoms with Crippen LogP contribution in [0.1, 0.15) is 17.5 Å². The van der Waals surface area contributed by atoms with E-state index in [2.05, 4.69) is 5.32 Å². The zero-order valence-corrected chi connectivity index (χ0v) is 18.8. The fourth-order valence-corrected chi connectivity index (χ4v) is 4.76. The van der Waals surface area contributed by atoms with Gasteiger partial charge in [0.05, 0.1) is 19.3 Å². The van der Waals surface area contributed by atoms with Crippen LogP contribution in [0.4, 0.5) is 18.9 Å². The van der Waals surface area contributed by atoms with Crippen LogP contribution >= 0.6 is 0 Å². The van der Waals surface area contributed by atoms with Crippen LogP contribution in [-0.4, -0.2) is 51.6 Å². The summed E-state index contributed by atoms with van der Waals surface area (Å²) in [5.74, 6) is -2.14. The van der Waals surface area contributed by atoms with Crippen molar-refractivity contribution in [1.29, 1.82) is 0 Å². The number of hydrogen-bond donors (Lipinski definition) is 2. The highest BCUT2D eigenvalue weighted by Crippen LogP contribution is 2.49. The maximum atomic E-state index is 12.8. The van der Waals surface area contributed by atoms with Crippen molar-refractivity contribution < 1.29 is 36.2 Å². The number of rotatable bonds is 5. The lowest BCUT2D eigenvalue weighted by Gasteiger charge is -2.37. The van der Waals surface area contributed by atoms with Gasteiger partial charge in [-0.15, -0.1) is 0 Å². The Morgan fingerprint density at radius 1 is 1.18 bits per heavy atom. The van der Waals surface area contributed by atoms with Crippen LogP contribution in [-0.2, 0) is 21.4 Å². The quantitative estimate of drug-likeness (QED) is 0.630. The molecule has 0 spiro atoms. The average Bonchev–Trinajstić information content (AvgIpc) is 3.00. The summed E-state index contributed by atoms with van der Waals surface area (Å²) in [6, 6.07) is 15.7. The SMILES string of the molecule is C[N+]1(S(C)(=O)=O)C(C2CCN2)=Cc2cccc(OCc3ccccc3)c21.O=C(O)C(F)(F)F. The number of likely N-dealkylation sites (N-methyl/N-ethyl adjacent to an activating group) is 1. The second kappa shape index (κ2) is 9.16. The van der Waals surface area contributed by atoms with Gasteiger partial charge in [0, 0.05) is 11.6 Å². The first kappa shape index (κ1) is 24.7. The Kier molecular flexibility index (Phi) is 6.87. The number of ether oxygens (including phenoxy) is 1. The van der Waals surface area contributed by atoms with Gasteiger partial charge in [-0.05, 0) is 30.7 Å². The molecule has 11 heteroatoms. The third kappa shape index (κ3) is 5.05. The van der Waals surface area contributed by atoms with E-state index < -0.39 is 22.2 Å². The Hall–Kier alpha value is -2.89. The Balaban J connectivity index is 0.000000383. The number of quaternary nitrogens is 1. The number of para-hydroxylation sites is 1. The number of aliphatic carboxylic acids is 1. The standard InChI is InChI=1S/C20H23N2O3S.C2HF3O2/c1-22(26(2,23)24)18(17-11-12-21-17)13-16-9-6-10-19(20(16)22)25-14-15-7-4-3-5-8-15;3-2(4,5)1(6)7/h3-10,13,17,21H,11-12,14H2,1-2H3;(H,6,7)/q+1;. The molecule has 2 aromatic carbocycles. The predicted molar refractivity (Wildman–Crippen MR) is 118 cm³/mol. The molecule has 0 radical (unpaired) electrons. The van der Waals surface area contributed by atoms with Gasteiger partial charge in [-0.1, -0.05) is 36.4 Å². The molecule has 0 amide bonds. The van der Waals surface area contributed by atoms with Crippen LogP contribution in [0.15, 0.2) is 54.2 Å². The number of nitrogens with zero attached hydrogens (tertiary/aromatic N) is 1. The van der Waals surface area contributed by atoms with Crippen molar-refractivity contribution in [3.63, 3.8) is 0 Å². The fourth-order valence-electron chi connectivity index (χ4n) is 3.67. The van der Waals surface area contributed by atoms with Crippen LogP contribution in [0.25, 0.3) is 6.08 Å². The number of carboxylic acid groups (broad SMARTS) is 1. The third-order valence-electron chi connectivity index (χ3n) is 5.58. The molecule has 0 aliphatic carbocycles. The van der Waals surface area contributed by atoms with Gasteiger partial charge >= 0.3 is 22.2 Å². The number of nitrogens with one attached hydrogen (secondary N) is 1. The van der Waals surface area contributed by atoms with E-state index in [-0.39, 0.29) is 9.93 Å². The van der Waals surface area contributed by atoms with Crippen molar-refractivity contribution in [3.05, 3.63) is 65.4 Å². The Labute approximate surface area is 189 Å². The van der Waals surface area contributed by atoms with Gasteiger partial charge in [-0.2, -0.15) is 25.5 Å². The highest BCUT2D eigenvalue weighted by atomic mass is 32.2. The van der Waals surface area contributed by atoms with Gasteiger partial charge in [0.15, 0.2) is 5.75 Å². The maximum absolute atomic E-state index is 12.8. The Morgan fingerprint density at radius 3 is 2.27 bits per heavy atom. The van der Waals surface area contributed by atoms with Crippen molar-refractivity contribution in [1.82, 2.24) is 9.21 Å². The molecule has 2 aliphatic rings. The first-order valence-corrected chi connectivity index (χ1v) is 11.8. The molecule has 4 rings (SSSR count). The lowest BCUT2D eigenvalue weighted by molar-refractivity contribution is -0.192. The molecule has 2 aromatic rings. The van der Waals surface area contributed by atoms with E-state index in [9.17, 15) is 21.6 Å². The number of benzene rings is 2. The monoisotopic (exact) mass is 485 g/mol. The van der Waals surface area contributed by atoms with Crippen molar-refractivity contribution in [3.8, 4) is 5.75 Å². The number of halogens is 3. The van der Waals surface area contributed by atoms with E-state index in [1.54, 1.807) is 7.05 Å². The second-order valence-electron chi connectivity index (χ2n) is 7.79. The smallest absolute Gasteiger partial charge is 0.483 e. The van der Waals surface area contributed by atoms with E-state index in [0.717, 1.165) is 29.8 Å². The van der Waals surface area contributed by atoms with Crippen molar-refractivity contribution in [2.24, 2.45) is 0 Å². The van der Waals surface area contributed by atoms with Crippen molar-refractivity contribution >= 4 is 27.8 Å². The summed E-state index contributed by atoms with van der Waals surface area (Å²) in [6.07, 6.45) is -0.839. The van der Waals surface area contributed by atoms with E-state index in [1.165, 1.54) is 6.26 Å². The van der Waals surface area contributed by atoms with Gasteiger partial charge < -0.3 is 15.2 Å². The third-order valence-corrected chi connectivity index (χ3v) is 7.30. The van der Waals surface area contributed by atoms with Crippen LogP contribution in [0.2, 0.25) is 0 Å². The molecule has 7 nitrogen and oxygen atoms in total. The van der Waals surface area contributed by atoms with Gasteiger partial charge in [-0.25, -0.2) is 4.79 Å². The molecule has 0 bridgehead atoms. The van der Waals surface area contributed by atoms with Gasteiger partial charge in [-0.3, -0.25) is 0 Å². The summed E-state index contributed by atoms with van der Waals surface area (Å²) in [6.45, 7) is 1.32. The number of sulfonamides is 1. The zero-order valence-electron chi connectivity index (χ0n) is 18.0. The summed E-state index contributed by atoms with van der Waals surface area (Å²) in [7, 11) is -1.69. The van der Waals surface area contributed by atoms with E-state index in [4.69, 9.17) is 14.6 Å². The second-order valence-corrected chi connectivity index (χ2v) is 9.99. The normalized spacial score (nSPS) is 21.7. The number of hydrogen-bond acceptors (Lipinski definition) is 5. The number of carboxylic acids is 1. The molecule has 1 saturated heterocycles. The molecule has 2 N–H and O–H groups in total. The van der Waals surface area contributed by atoms with Crippen LogP contribution < -0.4 is 13.9 Å². The molecular weight excluding hydrogens is 461 g/mol. The zero-order chi connectivity index (χ0) is 24.4. The first-order valence-electron chi connectivity index (χ1n) is 9.98. The lowest BCUT2D eigenvalue weighted by atomic mass is 10.0. The molecule has 2 atom stereocenters. The molecule has 2 unspecified atom stereocenters. The molecule has 2 heterocycles. The summed E-state index contributed by atoms with van der Waals surface area (Å²) in [5, 5.41) is 10.5. The molecule has 1 fully saturated rings. The number of alkyl halides is 3. The van der Waals surface area contributed by atoms with Crippen LogP contribution in [0, 0.1) is 0 Å². The van der Waals surface area contributed by atoms with Crippen molar-refractivity contribution in [2.45, 2.75) is 25.2 Å². The summed E-state index contributed by atoms with van der Waals surface area (Å²) in [4.78, 5) is 8.90. The minimum absolute atomic E-state index is 0.0871. The molecular formula is C22H24F3N2O5S+. The number of fused-ring (bicyclic) bond motifs is 1. The average molecular weight is 486 g/mol. The highest BCUT2D eigenvalue weighted by Gasteiger charge is 2.52. The van der Waals surface area contributed by atoms with Crippen LogP contribution in [0.3, 0.4) is 0 Å². The molecule has 178 valence electrons. The summed E-state index contributed by atoms with van der Waals surface area (Å²) < 4.78 is 63.3. The largest absolute Gasteiger partial charge is 0.490 e. The van der Waals surface area contributed by atoms with Gasteiger partial charge in [0.1, 0.15) is 12.3 Å².